The van der Waals surface area contributed by atoms with Gasteiger partial charge in [0.2, 0.25) is 23.6 Å². The Morgan fingerprint density at radius 2 is 1.59 bits per heavy atom. The Kier molecular flexibility index (Phi) is 13.7. The molecule has 0 aromatic heterocycles. The van der Waals surface area contributed by atoms with Gasteiger partial charge in [0.15, 0.2) is 0 Å². The predicted molar refractivity (Wildman–Crippen MR) is 161 cm³/mol. The summed E-state index contributed by atoms with van der Waals surface area (Å²) in [6.45, 7) is 11.6. The molecule has 1 aromatic carbocycles. The van der Waals surface area contributed by atoms with Crippen molar-refractivity contribution in [3.63, 3.8) is 0 Å². The summed E-state index contributed by atoms with van der Waals surface area (Å²) >= 11 is 3.42. The van der Waals surface area contributed by atoms with Gasteiger partial charge in [-0.05, 0) is 43.2 Å². The first kappa shape index (κ1) is 33.0. The van der Waals surface area contributed by atoms with Crippen molar-refractivity contribution in [2.24, 2.45) is 11.8 Å². The summed E-state index contributed by atoms with van der Waals surface area (Å²) < 4.78 is 0. The first-order valence-corrected chi connectivity index (χ1v) is 16.2. The van der Waals surface area contributed by atoms with Crippen molar-refractivity contribution in [1.82, 2.24) is 21.3 Å². The number of rotatable bonds is 4. The average molecular weight is 579 g/mol. The minimum absolute atomic E-state index is 0.0844. The summed E-state index contributed by atoms with van der Waals surface area (Å²) in [5.74, 6) is 1.80. The lowest BCUT2D eigenvalue weighted by atomic mass is 9.96. The van der Waals surface area contributed by atoms with Crippen LogP contribution in [-0.4, -0.2) is 59.3 Å². The summed E-state index contributed by atoms with van der Waals surface area (Å²) in [5.41, 5.74) is 1.23. The van der Waals surface area contributed by atoms with Crippen LogP contribution in [0.25, 0.3) is 0 Å². The molecule has 0 aliphatic carbocycles. The molecule has 2 rings (SSSR count). The van der Waals surface area contributed by atoms with E-state index in [4.69, 9.17) is 0 Å². The van der Waals surface area contributed by atoms with Crippen LogP contribution in [0.15, 0.2) is 24.3 Å². The van der Waals surface area contributed by atoms with Crippen LogP contribution in [0.5, 0.6) is 0 Å². The fourth-order valence-electron chi connectivity index (χ4n) is 4.18. The largest absolute Gasteiger partial charge is 0.353 e. The highest BCUT2D eigenvalue weighted by Gasteiger charge is 2.35. The van der Waals surface area contributed by atoms with Gasteiger partial charge in [-0.1, -0.05) is 58.4 Å². The third-order valence-corrected chi connectivity index (χ3v) is 8.75. The van der Waals surface area contributed by atoms with Crippen LogP contribution in [0.4, 0.5) is 0 Å². The van der Waals surface area contributed by atoms with Crippen molar-refractivity contribution in [1.29, 1.82) is 0 Å². The Morgan fingerprint density at radius 1 is 0.949 bits per heavy atom. The average Bonchev–Trinajstić information content (AvgIpc) is 2.87. The predicted octanol–water partition coefficient (Wildman–Crippen LogP) is 3.63. The quantitative estimate of drug-likeness (QED) is 0.434. The number of nitrogens with one attached hydrogen (secondary N) is 4. The van der Waals surface area contributed by atoms with Crippen LogP contribution < -0.4 is 21.3 Å². The van der Waals surface area contributed by atoms with Gasteiger partial charge in [-0.15, -0.1) is 0 Å². The number of hydrogen-bond acceptors (Lipinski definition) is 6. The normalized spacial score (nSPS) is 23.4. The van der Waals surface area contributed by atoms with Gasteiger partial charge >= 0.3 is 0 Å². The fraction of sp³-hybridized carbons (Fsp3) is 0.655. The first-order chi connectivity index (χ1) is 18.4. The molecule has 218 valence electrons. The Bertz CT molecular complexity index is 986. The van der Waals surface area contributed by atoms with Gasteiger partial charge in [-0.3, -0.25) is 19.2 Å². The molecule has 0 saturated heterocycles. The molecule has 2 bridgehead atoms. The van der Waals surface area contributed by atoms with E-state index in [1.165, 1.54) is 11.1 Å². The molecule has 1 aliphatic heterocycles. The van der Waals surface area contributed by atoms with Gasteiger partial charge in [0.25, 0.3) is 0 Å². The molecule has 0 spiro atoms. The second-order valence-corrected chi connectivity index (χ2v) is 13.4. The van der Waals surface area contributed by atoms with E-state index in [0.29, 0.717) is 31.6 Å². The monoisotopic (exact) mass is 578 g/mol. The molecular weight excluding hydrogens is 532 g/mol. The van der Waals surface area contributed by atoms with Crippen molar-refractivity contribution in [2.45, 2.75) is 89.9 Å². The van der Waals surface area contributed by atoms with Crippen LogP contribution >= 0.6 is 23.5 Å². The van der Waals surface area contributed by atoms with Gasteiger partial charge < -0.3 is 21.3 Å². The molecule has 1 aliphatic rings. The maximum atomic E-state index is 13.4. The molecule has 0 fully saturated rings. The standard InChI is InChI=1S/C29H46N4O4S2/c1-7-20(4)25-27(36)30-12-14-39-18-22-10-8-9-21(16-22)17-38-13-11-24(34)33-29(5,6)28(37)31-23(15-19(2)3)26(35)32-25/h8-10,16,19-20,23,25H,7,11-15,17-18H2,1-6H3,(H,30,36)(H,31,37)(H,32,35)(H,33,34)/t20-,23-,25-/m0/s1. The summed E-state index contributed by atoms with van der Waals surface area (Å²) in [7, 11) is 0. The summed E-state index contributed by atoms with van der Waals surface area (Å²) in [4.78, 5) is 52.3. The van der Waals surface area contributed by atoms with E-state index in [9.17, 15) is 19.2 Å². The van der Waals surface area contributed by atoms with E-state index in [1.807, 2.05) is 33.8 Å². The van der Waals surface area contributed by atoms with Crippen molar-refractivity contribution in [2.75, 3.05) is 18.1 Å². The number of hydrogen-bond donors (Lipinski definition) is 4. The van der Waals surface area contributed by atoms with E-state index in [2.05, 4.69) is 39.5 Å². The zero-order valence-corrected chi connectivity index (χ0v) is 25.9. The molecule has 1 heterocycles. The van der Waals surface area contributed by atoms with E-state index in [-0.39, 0.29) is 23.7 Å². The van der Waals surface area contributed by atoms with Gasteiger partial charge in [-0.25, -0.2) is 0 Å². The number of carbonyl (C=O) groups excluding carboxylic acids is 4. The Balaban J connectivity index is 2.25. The minimum atomic E-state index is -1.20. The summed E-state index contributed by atoms with van der Waals surface area (Å²) in [6, 6.07) is 6.88. The molecule has 8 nitrogen and oxygen atoms in total. The first-order valence-electron chi connectivity index (χ1n) is 13.9. The molecule has 1 aromatic rings. The molecule has 3 atom stereocenters. The second-order valence-electron chi connectivity index (χ2n) is 11.2. The van der Waals surface area contributed by atoms with E-state index < -0.39 is 29.4 Å². The van der Waals surface area contributed by atoms with Crippen LogP contribution in [0.1, 0.15) is 71.9 Å². The molecule has 0 saturated carbocycles. The Hall–Kier alpha value is -2.20. The molecule has 10 heteroatoms. The smallest absolute Gasteiger partial charge is 0.245 e. The van der Waals surface area contributed by atoms with Crippen LogP contribution in [-0.2, 0) is 30.7 Å². The van der Waals surface area contributed by atoms with Gasteiger partial charge in [0, 0.05) is 36.0 Å². The van der Waals surface area contributed by atoms with Crippen molar-refractivity contribution < 1.29 is 19.2 Å². The number of benzene rings is 1. The number of thioether (sulfide) groups is 2. The van der Waals surface area contributed by atoms with E-state index in [1.54, 1.807) is 37.4 Å². The fourth-order valence-corrected chi connectivity index (χ4v) is 5.87. The number of amides is 4. The van der Waals surface area contributed by atoms with Crippen molar-refractivity contribution >= 4 is 47.2 Å². The lowest BCUT2D eigenvalue weighted by molar-refractivity contribution is -0.136. The topological polar surface area (TPSA) is 116 Å². The second kappa shape index (κ2) is 16.2. The van der Waals surface area contributed by atoms with Crippen molar-refractivity contribution in [3.05, 3.63) is 35.4 Å². The summed E-state index contributed by atoms with van der Waals surface area (Å²) in [6.07, 6.45) is 1.41. The highest BCUT2D eigenvalue weighted by atomic mass is 32.2. The Morgan fingerprint density at radius 3 is 2.21 bits per heavy atom. The SMILES string of the molecule is CC[C@H](C)[C@@H]1NC(=O)[C@H](CC(C)C)NC(=O)C(C)(C)NC(=O)CCSCc2cccc(c2)CSCCNC1=O. The summed E-state index contributed by atoms with van der Waals surface area (Å²) in [5, 5.41) is 11.5. The van der Waals surface area contributed by atoms with E-state index in [0.717, 1.165) is 17.3 Å². The molecular formula is C29H46N4O4S2. The van der Waals surface area contributed by atoms with Gasteiger partial charge in [-0.2, -0.15) is 23.5 Å². The van der Waals surface area contributed by atoms with Crippen molar-refractivity contribution in [3.8, 4) is 0 Å². The maximum Gasteiger partial charge on any atom is 0.245 e. The zero-order chi connectivity index (χ0) is 29.0. The Labute approximate surface area is 242 Å². The number of carbonyl (C=O) groups is 4. The highest BCUT2D eigenvalue weighted by molar-refractivity contribution is 7.98. The maximum absolute atomic E-state index is 13.4. The van der Waals surface area contributed by atoms with Crippen LogP contribution in [0.3, 0.4) is 0 Å². The van der Waals surface area contributed by atoms with Crippen LogP contribution in [0, 0.1) is 11.8 Å². The molecule has 39 heavy (non-hydrogen) atoms. The van der Waals surface area contributed by atoms with Gasteiger partial charge in [0.1, 0.15) is 17.6 Å². The molecule has 4 amide bonds. The molecule has 0 radical (unpaired) electrons. The third kappa shape index (κ3) is 11.4. The van der Waals surface area contributed by atoms with E-state index >= 15 is 0 Å². The third-order valence-electron chi connectivity index (χ3n) is 6.69. The molecule has 0 unspecified atom stereocenters. The lowest BCUT2D eigenvalue weighted by Crippen LogP contribution is -2.61. The lowest BCUT2D eigenvalue weighted by Gasteiger charge is -2.30. The van der Waals surface area contributed by atoms with Crippen LogP contribution in [0.2, 0.25) is 0 Å². The molecule has 4 N–H and O–H groups in total. The number of fused-ring (bicyclic) bond motifs is 2. The zero-order valence-electron chi connectivity index (χ0n) is 24.2. The van der Waals surface area contributed by atoms with Gasteiger partial charge in [0.05, 0.1) is 0 Å². The minimum Gasteiger partial charge on any atom is -0.353 e. The highest BCUT2D eigenvalue weighted by Crippen LogP contribution is 2.19.